The Morgan fingerprint density at radius 1 is 1.09 bits per heavy atom. The van der Waals surface area contributed by atoms with Crippen LogP contribution in [0.4, 0.5) is 4.39 Å². The number of hydrogen-bond donors (Lipinski definition) is 1. The second kappa shape index (κ2) is 7.74. The average Bonchev–Trinajstić information content (AvgIpc) is 2.51. The molecule has 2 rings (SSSR count). The highest BCUT2D eigenvalue weighted by molar-refractivity contribution is 5.94. The first-order valence-corrected chi connectivity index (χ1v) is 7.65. The molecule has 2 aromatic carbocycles. The summed E-state index contributed by atoms with van der Waals surface area (Å²) in [6.07, 6.45) is 0.993. The van der Waals surface area contributed by atoms with Crippen molar-refractivity contribution < 1.29 is 9.18 Å². The van der Waals surface area contributed by atoms with E-state index < -0.39 is 5.82 Å². The fraction of sp³-hybridized carbons (Fsp3) is 0.316. The van der Waals surface area contributed by atoms with Crippen molar-refractivity contribution >= 4 is 5.91 Å². The van der Waals surface area contributed by atoms with Crippen molar-refractivity contribution in [2.24, 2.45) is 5.92 Å². The predicted octanol–water partition coefficient (Wildman–Crippen LogP) is 4.39. The van der Waals surface area contributed by atoms with Crippen LogP contribution in [0.1, 0.15) is 42.1 Å². The number of rotatable bonds is 6. The largest absolute Gasteiger partial charge is 0.351 e. The molecule has 3 heteroatoms. The third kappa shape index (κ3) is 4.69. The predicted molar refractivity (Wildman–Crippen MR) is 87.4 cm³/mol. The van der Waals surface area contributed by atoms with E-state index in [9.17, 15) is 9.18 Å². The molecular formula is C19H22FNO. The number of carbonyl (C=O) groups is 1. The average molecular weight is 299 g/mol. The second-order valence-electron chi connectivity index (χ2n) is 5.96. The van der Waals surface area contributed by atoms with Crippen molar-refractivity contribution in [3.63, 3.8) is 0 Å². The third-order valence-corrected chi connectivity index (χ3v) is 3.62. The Bertz CT molecular complexity index is 610. The number of hydrogen-bond acceptors (Lipinski definition) is 1. The summed E-state index contributed by atoms with van der Waals surface area (Å²) in [7, 11) is 0. The molecule has 0 fully saturated rings. The van der Waals surface area contributed by atoms with Crippen LogP contribution in [0.5, 0.6) is 0 Å². The number of amides is 1. The molecule has 22 heavy (non-hydrogen) atoms. The molecule has 0 aromatic heterocycles. The smallest absolute Gasteiger partial charge is 0.251 e. The van der Waals surface area contributed by atoms with Gasteiger partial charge in [-0.2, -0.15) is 0 Å². The van der Waals surface area contributed by atoms with Crippen LogP contribution < -0.4 is 5.32 Å². The summed E-state index contributed by atoms with van der Waals surface area (Å²) >= 11 is 0. The number of nitrogens with one attached hydrogen (secondary N) is 1. The molecule has 1 unspecified atom stereocenters. The molecule has 0 spiro atoms. The molecular weight excluding hydrogens is 277 g/mol. The highest BCUT2D eigenvalue weighted by Gasteiger charge is 2.15. The third-order valence-electron chi connectivity index (χ3n) is 3.62. The van der Waals surface area contributed by atoms with E-state index >= 15 is 0 Å². The lowest BCUT2D eigenvalue weighted by Crippen LogP contribution is -2.29. The molecule has 0 saturated heterocycles. The van der Waals surface area contributed by atoms with Gasteiger partial charge in [-0.1, -0.05) is 50.2 Å². The quantitative estimate of drug-likeness (QED) is 0.842. The Morgan fingerprint density at radius 3 is 2.45 bits per heavy atom. The fourth-order valence-corrected chi connectivity index (χ4v) is 2.58. The van der Waals surface area contributed by atoms with Crippen LogP contribution in [0.15, 0.2) is 54.6 Å². The summed E-state index contributed by atoms with van der Waals surface area (Å²) in [5.41, 5.74) is 1.58. The molecule has 0 aliphatic carbocycles. The lowest BCUT2D eigenvalue weighted by Gasteiger charge is -2.20. The zero-order valence-electron chi connectivity index (χ0n) is 13.1. The maximum Gasteiger partial charge on any atom is 0.251 e. The van der Waals surface area contributed by atoms with Crippen molar-refractivity contribution in [1.82, 2.24) is 5.32 Å². The second-order valence-corrected chi connectivity index (χ2v) is 5.96. The molecule has 116 valence electrons. The van der Waals surface area contributed by atoms with Crippen LogP contribution in [-0.2, 0) is 0 Å². The van der Waals surface area contributed by atoms with Crippen molar-refractivity contribution in [2.75, 3.05) is 6.54 Å². The van der Waals surface area contributed by atoms with E-state index in [0.717, 1.165) is 6.42 Å². The molecule has 0 radical (unpaired) electrons. The summed E-state index contributed by atoms with van der Waals surface area (Å²) in [4.78, 5) is 12.1. The van der Waals surface area contributed by atoms with Gasteiger partial charge in [-0.05, 0) is 36.1 Å². The van der Waals surface area contributed by atoms with Crippen LogP contribution >= 0.6 is 0 Å². The molecule has 2 nitrogen and oxygen atoms in total. The van der Waals surface area contributed by atoms with Gasteiger partial charge < -0.3 is 5.32 Å². The highest BCUT2D eigenvalue weighted by atomic mass is 19.1. The standard InChI is InChI=1S/C19H22FNO/c1-14(2)11-17(15-7-4-3-5-8-15)13-21-19(22)16-9-6-10-18(20)12-16/h3-10,12,14,17H,11,13H2,1-2H3,(H,21,22). The van der Waals surface area contributed by atoms with Gasteiger partial charge in [0.25, 0.3) is 5.91 Å². The Balaban J connectivity index is 2.03. The van der Waals surface area contributed by atoms with E-state index in [0.29, 0.717) is 18.0 Å². The van der Waals surface area contributed by atoms with E-state index in [4.69, 9.17) is 0 Å². The van der Waals surface area contributed by atoms with Crippen LogP contribution in [0.2, 0.25) is 0 Å². The van der Waals surface area contributed by atoms with Crippen molar-refractivity contribution in [3.05, 3.63) is 71.5 Å². The Hall–Kier alpha value is -2.16. The lowest BCUT2D eigenvalue weighted by molar-refractivity contribution is 0.0949. The first-order chi connectivity index (χ1) is 10.6. The van der Waals surface area contributed by atoms with E-state index in [2.05, 4.69) is 31.3 Å². The fourth-order valence-electron chi connectivity index (χ4n) is 2.58. The van der Waals surface area contributed by atoms with Crippen LogP contribution in [0.25, 0.3) is 0 Å². The monoisotopic (exact) mass is 299 g/mol. The molecule has 1 N–H and O–H groups in total. The van der Waals surface area contributed by atoms with Gasteiger partial charge in [-0.3, -0.25) is 4.79 Å². The highest BCUT2D eigenvalue weighted by Crippen LogP contribution is 2.23. The van der Waals surface area contributed by atoms with Gasteiger partial charge in [-0.15, -0.1) is 0 Å². The zero-order valence-corrected chi connectivity index (χ0v) is 13.1. The van der Waals surface area contributed by atoms with E-state index in [1.54, 1.807) is 12.1 Å². The van der Waals surface area contributed by atoms with Gasteiger partial charge in [0, 0.05) is 18.0 Å². The molecule has 2 aromatic rings. The van der Waals surface area contributed by atoms with Crippen molar-refractivity contribution in [2.45, 2.75) is 26.2 Å². The van der Waals surface area contributed by atoms with Crippen molar-refractivity contribution in [1.29, 1.82) is 0 Å². The Labute approximate surface area is 131 Å². The Morgan fingerprint density at radius 2 is 1.82 bits per heavy atom. The van der Waals surface area contributed by atoms with E-state index in [1.165, 1.54) is 17.7 Å². The summed E-state index contributed by atoms with van der Waals surface area (Å²) in [5.74, 6) is 0.175. The van der Waals surface area contributed by atoms with Crippen molar-refractivity contribution in [3.8, 4) is 0 Å². The molecule has 0 aliphatic rings. The van der Waals surface area contributed by atoms with Gasteiger partial charge in [-0.25, -0.2) is 4.39 Å². The van der Waals surface area contributed by atoms with Crippen LogP contribution in [0, 0.1) is 11.7 Å². The number of carbonyl (C=O) groups excluding carboxylic acids is 1. The Kier molecular flexibility index (Phi) is 5.70. The summed E-state index contributed by atoms with van der Waals surface area (Å²) in [6.45, 7) is 4.90. The number of benzene rings is 2. The molecule has 1 amide bonds. The normalized spacial score (nSPS) is 12.2. The first-order valence-electron chi connectivity index (χ1n) is 7.65. The molecule has 0 saturated carbocycles. The molecule has 0 heterocycles. The topological polar surface area (TPSA) is 29.1 Å². The maximum atomic E-state index is 13.2. The van der Waals surface area contributed by atoms with Crippen LogP contribution in [0.3, 0.4) is 0 Å². The van der Waals surface area contributed by atoms with E-state index in [-0.39, 0.29) is 11.8 Å². The summed E-state index contributed by atoms with van der Waals surface area (Å²) in [5, 5.41) is 2.92. The SMILES string of the molecule is CC(C)CC(CNC(=O)c1cccc(F)c1)c1ccccc1. The molecule has 0 bridgehead atoms. The van der Waals surface area contributed by atoms with E-state index in [1.807, 2.05) is 18.2 Å². The van der Waals surface area contributed by atoms with Gasteiger partial charge in [0.05, 0.1) is 0 Å². The number of halogens is 1. The lowest BCUT2D eigenvalue weighted by atomic mass is 9.90. The summed E-state index contributed by atoms with van der Waals surface area (Å²) in [6, 6.07) is 15.9. The van der Waals surface area contributed by atoms with Gasteiger partial charge in [0.15, 0.2) is 0 Å². The zero-order chi connectivity index (χ0) is 15.9. The van der Waals surface area contributed by atoms with Gasteiger partial charge >= 0.3 is 0 Å². The minimum absolute atomic E-state index is 0.232. The molecule has 0 aliphatic heterocycles. The first kappa shape index (κ1) is 16.2. The minimum Gasteiger partial charge on any atom is -0.351 e. The minimum atomic E-state index is -0.394. The van der Waals surface area contributed by atoms with Crippen LogP contribution in [-0.4, -0.2) is 12.5 Å². The maximum absolute atomic E-state index is 13.2. The van der Waals surface area contributed by atoms with Gasteiger partial charge in [0.1, 0.15) is 5.82 Å². The van der Waals surface area contributed by atoms with Gasteiger partial charge in [0.2, 0.25) is 0 Å². The molecule has 1 atom stereocenters. The summed E-state index contributed by atoms with van der Waals surface area (Å²) < 4.78 is 13.2.